The Balaban J connectivity index is 2.02. The molecule has 0 fully saturated rings. The van der Waals surface area contributed by atoms with Crippen molar-refractivity contribution in [3.8, 4) is 11.1 Å². The summed E-state index contributed by atoms with van der Waals surface area (Å²) in [6, 6.07) is 9.81. The molecule has 0 radical (unpaired) electrons. The van der Waals surface area contributed by atoms with Crippen molar-refractivity contribution in [3.05, 3.63) is 70.0 Å². The number of halogens is 1. The fourth-order valence-electron chi connectivity index (χ4n) is 2.90. The molecule has 0 bridgehead atoms. The maximum Gasteiger partial charge on any atom is 0.256 e. The lowest BCUT2D eigenvalue weighted by atomic mass is 10.0. The lowest BCUT2D eigenvalue weighted by Crippen LogP contribution is -2.14. The largest absolute Gasteiger partial charge is 0.354 e. The summed E-state index contributed by atoms with van der Waals surface area (Å²) in [5.74, 6) is -0.0998. The van der Waals surface area contributed by atoms with Crippen LogP contribution in [0, 0.1) is 12.7 Å². The molecule has 0 saturated carbocycles. The number of nitrogens with one attached hydrogen (secondary N) is 3. The number of amides is 1. The second kappa shape index (κ2) is 8.04. The van der Waals surface area contributed by atoms with Crippen molar-refractivity contribution in [1.82, 2.24) is 9.97 Å². The van der Waals surface area contributed by atoms with E-state index < -0.39 is 0 Å². The van der Waals surface area contributed by atoms with E-state index >= 15 is 0 Å². The fraction of sp³-hybridized carbons (Fsp3) is 0.190. The van der Waals surface area contributed by atoms with E-state index in [0.29, 0.717) is 34.6 Å². The summed E-state index contributed by atoms with van der Waals surface area (Å²) >= 11 is 0. The van der Waals surface area contributed by atoms with Crippen LogP contribution in [-0.4, -0.2) is 15.9 Å². The summed E-state index contributed by atoms with van der Waals surface area (Å²) in [5.41, 5.74) is 3.49. The lowest BCUT2D eigenvalue weighted by molar-refractivity contribution is -0.114. The number of H-pyrrole nitrogens is 1. The lowest BCUT2D eigenvalue weighted by Gasteiger charge is -2.14. The Morgan fingerprint density at radius 3 is 2.68 bits per heavy atom. The minimum atomic E-state index is -0.314. The normalized spacial score (nSPS) is 10.6. The van der Waals surface area contributed by atoms with E-state index in [4.69, 9.17) is 0 Å². The maximum absolute atomic E-state index is 13.6. The zero-order valence-electron chi connectivity index (χ0n) is 15.9. The number of pyridine rings is 2. The average molecular weight is 380 g/mol. The van der Waals surface area contributed by atoms with E-state index in [1.54, 1.807) is 43.5 Å². The van der Waals surface area contributed by atoms with Gasteiger partial charge in [0.1, 0.15) is 11.6 Å². The number of hydrogen-bond donors (Lipinski definition) is 3. The highest BCUT2D eigenvalue weighted by Crippen LogP contribution is 2.26. The Hall–Kier alpha value is -3.48. The van der Waals surface area contributed by atoms with Gasteiger partial charge >= 0.3 is 0 Å². The van der Waals surface area contributed by atoms with Crippen LogP contribution in [0.4, 0.5) is 21.6 Å². The summed E-state index contributed by atoms with van der Waals surface area (Å²) in [6.07, 6.45) is 2.19. The van der Waals surface area contributed by atoms with Crippen molar-refractivity contribution in [2.24, 2.45) is 0 Å². The van der Waals surface area contributed by atoms with Gasteiger partial charge in [0.05, 0.1) is 5.69 Å². The molecule has 0 aliphatic heterocycles. The zero-order chi connectivity index (χ0) is 20.3. The third-order valence-corrected chi connectivity index (χ3v) is 4.29. The number of aromatic nitrogens is 2. The molecule has 3 rings (SSSR count). The highest BCUT2D eigenvalue weighted by Gasteiger charge is 2.11. The first-order valence-corrected chi connectivity index (χ1v) is 8.90. The van der Waals surface area contributed by atoms with E-state index in [2.05, 4.69) is 20.6 Å². The monoisotopic (exact) mass is 380 g/mol. The summed E-state index contributed by atoms with van der Waals surface area (Å²) in [6.45, 7) is 5.01. The summed E-state index contributed by atoms with van der Waals surface area (Å²) in [7, 11) is 0. The van der Waals surface area contributed by atoms with Gasteiger partial charge < -0.3 is 15.6 Å². The van der Waals surface area contributed by atoms with Crippen LogP contribution < -0.4 is 16.2 Å². The molecule has 0 unspecified atom stereocenters. The topological polar surface area (TPSA) is 86.9 Å². The van der Waals surface area contributed by atoms with Crippen LogP contribution >= 0.6 is 0 Å². The predicted molar refractivity (Wildman–Crippen MR) is 108 cm³/mol. The molecule has 0 saturated heterocycles. The quantitative estimate of drug-likeness (QED) is 0.621. The van der Waals surface area contributed by atoms with Gasteiger partial charge in [-0.1, -0.05) is 13.0 Å². The second-order valence-corrected chi connectivity index (χ2v) is 6.46. The van der Waals surface area contributed by atoms with E-state index in [9.17, 15) is 14.0 Å². The number of rotatable bonds is 5. The van der Waals surface area contributed by atoms with E-state index in [-0.39, 0.29) is 17.3 Å². The number of benzene rings is 1. The van der Waals surface area contributed by atoms with Gasteiger partial charge in [-0.05, 0) is 48.7 Å². The molecule has 1 aromatic carbocycles. The molecule has 1 amide bonds. The minimum Gasteiger partial charge on any atom is -0.354 e. The van der Waals surface area contributed by atoms with Crippen LogP contribution in [0.5, 0.6) is 0 Å². The van der Waals surface area contributed by atoms with E-state index in [1.807, 2.05) is 6.92 Å². The Bertz CT molecular complexity index is 1090. The van der Waals surface area contributed by atoms with Crippen LogP contribution in [0.2, 0.25) is 0 Å². The van der Waals surface area contributed by atoms with Crippen molar-refractivity contribution in [1.29, 1.82) is 0 Å². The smallest absolute Gasteiger partial charge is 0.256 e. The van der Waals surface area contributed by atoms with Crippen LogP contribution in [0.1, 0.15) is 25.1 Å². The van der Waals surface area contributed by atoms with Gasteiger partial charge in [0, 0.05) is 36.1 Å². The van der Waals surface area contributed by atoms with Crippen molar-refractivity contribution in [2.45, 2.75) is 27.2 Å². The minimum absolute atomic E-state index is 0.211. The molecule has 3 aromatic rings. The van der Waals surface area contributed by atoms with Gasteiger partial charge in [-0.15, -0.1) is 0 Å². The van der Waals surface area contributed by atoms with Gasteiger partial charge in [0.25, 0.3) is 5.56 Å². The summed E-state index contributed by atoms with van der Waals surface area (Å²) < 4.78 is 13.6. The van der Waals surface area contributed by atoms with E-state index in [1.165, 1.54) is 13.0 Å². The number of aromatic amines is 1. The molecule has 0 aliphatic carbocycles. The highest BCUT2D eigenvalue weighted by molar-refractivity contribution is 5.88. The standard InChI is InChI=1S/C21H21FN4O2/c1-4-18-19(25-15-7-8-23-20(10-15)24-13(3)27)11-16(21(28)26-18)14-5-6-17(22)12(2)9-14/h5-11H,4H2,1-3H3,(H,26,28)(H2,23,24,25,27). The van der Waals surface area contributed by atoms with Crippen molar-refractivity contribution >= 4 is 23.1 Å². The van der Waals surface area contributed by atoms with Gasteiger partial charge in [-0.25, -0.2) is 9.37 Å². The van der Waals surface area contributed by atoms with Crippen LogP contribution in [0.3, 0.4) is 0 Å². The van der Waals surface area contributed by atoms with Crippen LogP contribution in [0.25, 0.3) is 11.1 Å². The maximum atomic E-state index is 13.6. The second-order valence-electron chi connectivity index (χ2n) is 6.46. The van der Waals surface area contributed by atoms with Crippen molar-refractivity contribution < 1.29 is 9.18 Å². The van der Waals surface area contributed by atoms with Gasteiger partial charge in [0.15, 0.2) is 0 Å². The van der Waals surface area contributed by atoms with Gasteiger partial charge in [-0.3, -0.25) is 9.59 Å². The molecule has 3 N–H and O–H groups in total. The van der Waals surface area contributed by atoms with E-state index in [0.717, 1.165) is 11.4 Å². The molecule has 2 heterocycles. The summed E-state index contributed by atoms with van der Waals surface area (Å²) in [5, 5.41) is 5.90. The Labute approximate surface area is 161 Å². The number of nitrogens with zero attached hydrogens (tertiary/aromatic N) is 1. The zero-order valence-corrected chi connectivity index (χ0v) is 15.9. The first kappa shape index (κ1) is 19.3. The third kappa shape index (κ3) is 4.25. The molecule has 0 aliphatic rings. The Morgan fingerprint density at radius 2 is 2.00 bits per heavy atom. The van der Waals surface area contributed by atoms with Crippen LogP contribution in [0.15, 0.2) is 47.4 Å². The number of carbonyl (C=O) groups excluding carboxylic acids is 1. The first-order valence-electron chi connectivity index (χ1n) is 8.90. The molecular formula is C21H21FN4O2. The Morgan fingerprint density at radius 1 is 1.21 bits per heavy atom. The van der Waals surface area contributed by atoms with Crippen LogP contribution in [-0.2, 0) is 11.2 Å². The number of anilines is 3. The van der Waals surface area contributed by atoms with Crippen molar-refractivity contribution in [3.63, 3.8) is 0 Å². The molecule has 0 atom stereocenters. The Kier molecular flexibility index (Phi) is 5.54. The fourth-order valence-corrected chi connectivity index (χ4v) is 2.90. The molecular weight excluding hydrogens is 359 g/mol. The predicted octanol–water partition coefficient (Wildman–Crippen LogP) is 4.15. The van der Waals surface area contributed by atoms with Crippen molar-refractivity contribution in [2.75, 3.05) is 10.6 Å². The average Bonchev–Trinajstić information content (AvgIpc) is 2.65. The third-order valence-electron chi connectivity index (χ3n) is 4.29. The van der Waals surface area contributed by atoms with Gasteiger partial charge in [0.2, 0.25) is 5.91 Å². The number of carbonyl (C=O) groups is 1. The van der Waals surface area contributed by atoms with Gasteiger partial charge in [-0.2, -0.15) is 0 Å². The molecule has 2 aromatic heterocycles. The highest BCUT2D eigenvalue weighted by atomic mass is 19.1. The number of aryl methyl sites for hydroxylation is 2. The molecule has 6 nitrogen and oxygen atoms in total. The first-order chi connectivity index (χ1) is 13.4. The summed E-state index contributed by atoms with van der Waals surface area (Å²) in [4.78, 5) is 30.8. The molecule has 144 valence electrons. The molecule has 28 heavy (non-hydrogen) atoms. The number of hydrogen-bond acceptors (Lipinski definition) is 4. The SMILES string of the molecule is CCc1[nH]c(=O)c(-c2ccc(F)c(C)c2)cc1Nc1ccnc(NC(C)=O)c1. The molecule has 7 heteroatoms. The molecule has 0 spiro atoms.